The van der Waals surface area contributed by atoms with Crippen molar-refractivity contribution < 1.29 is 17.6 Å². The zero-order valence-electron chi connectivity index (χ0n) is 18.2. The Hall–Kier alpha value is -3.07. The SMILES string of the molecule is CS(=O)(=O)c1ccc(-c2ccc(C[C@@H](C#N)CC(=O)[C@H]3N[C@@H]4CC[C@H]3C4)c(F)c2)cc1C#N. The second-order valence-electron chi connectivity index (χ2n) is 9.02. The maximum absolute atomic E-state index is 14.9. The largest absolute Gasteiger partial charge is 0.304 e. The molecule has 2 bridgehead atoms. The van der Waals surface area contributed by atoms with Gasteiger partial charge in [-0.2, -0.15) is 10.5 Å². The molecule has 1 N–H and O–H groups in total. The summed E-state index contributed by atoms with van der Waals surface area (Å²) in [7, 11) is -3.55. The van der Waals surface area contributed by atoms with Gasteiger partial charge in [0.15, 0.2) is 15.6 Å². The fourth-order valence-corrected chi connectivity index (χ4v) is 5.85. The second kappa shape index (κ2) is 9.05. The lowest BCUT2D eigenvalue weighted by molar-refractivity contribution is -0.122. The van der Waals surface area contributed by atoms with E-state index in [0.29, 0.717) is 28.7 Å². The molecule has 1 saturated heterocycles. The van der Waals surface area contributed by atoms with Gasteiger partial charge in [0.25, 0.3) is 0 Å². The number of hydrogen-bond acceptors (Lipinski definition) is 6. The van der Waals surface area contributed by atoms with E-state index in [4.69, 9.17) is 0 Å². The van der Waals surface area contributed by atoms with Crippen LogP contribution in [0.5, 0.6) is 0 Å². The van der Waals surface area contributed by atoms with Gasteiger partial charge >= 0.3 is 0 Å². The number of rotatable bonds is 7. The maximum Gasteiger partial charge on any atom is 0.176 e. The summed E-state index contributed by atoms with van der Waals surface area (Å²) in [6, 6.07) is 13.1. The Kier molecular flexibility index (Phi) is 6.34. The molecule has 4 atom stereocenters. The molecule has 2 aliphatic rings. The predicted octanol–water partition coefficient (Wildman–Crippen LogP) is 3.55. The van der Waals surface area contributed by atoms with Gasteiger partial charge in [-0.1, -0.05) is 18.2 Å². The minimum atomic E-state index is -3.55. The average molecular weight is 466 g/mol. The number of nitriles is 2. The molecule has 8 heteroatoms. The van der Waals surface area contributed by atoms with E-state index in [9.17, 15) is 28.1 Å². The molecule has 33 heavy (non-hydrogen) atoms. The van der Waals surface area contributed by atoms with Crippen molar-refractivity contribution >= 4 is 15.6 Å². The summed E-state index contributed by atoms with van der Waals surface area (Å²) in [5.74, 6) is -0.743. The van der Waals surface area contributed by atoms with Crippen LogP contribution >= 0.6 is 0 Å². The van der Waals surface area contributed by atoms with Gasteiger partial charge in [-0.25, -0.2) is 12.8 Å². The van der Waals surface area contributed by atoms with Crippen molar-refractivity contribution in [1.29, 1.82) is 10.5 Å². The molecule has 170 valence electrons. The monoisotopic (exact) mass is 465 g/mol. The molecule has 2 aromatic rings. The van der Waals surface area contributed by atoms with E-state index in [1.54, 1.807) is 12.1 Å². The third kappa shape index (κ3) is 4.83. The van der Waals surface area contributed by atoms with Crippen LogP contribution in [-0.4, -0.2) is 32.5 Å². The van der Waals surface area contributed by atoms with Crippen LogP contribution in [0.4, 0.5) is 4.39 Å². The van der Waals surface area contributed by atoms with Gasteiger partial charge in [0.05, 0.1) is 28.5 Å². The zero-order valence-corrected chi connectivity index (χ0v) is 19.0. The van der Waals surface area contributed by atoms with Crippen LogP contribution in [0.1, 0.15) is 36.8 Å². The Morgan fingerprint density at radius 2 is 1.91 bits per heavy atom. The fourth-order valence-electron chi connectivity index (χ4n) is 5.03. The highest BCUT2D eigenvalue weighted by Crippen LogP contribution is 2.36. The number of hydrogen-bond donors (Lipinski definition) is 1. The number of benzene rings is 2. The summed E-state index contributed by atoms with van der Waals surface area (Å²) < 4.78 is 38.5. The van der Waals surface area contributed by atoms with E-state index in [1.807, 2.05) is 6.07 Å². The van der Waals surface area contributed by atoms with Crippen molar-refractivity contribution in [2.24, 2.45) is 11.8 Å². The molecule has 0 amide bonds. The fraction of sp³-hybridized carbons (Fsp3) is 0.400. The first-order valence-electron chi connectivity index (χ1n) is 10.9. The Morgan fingerprint density at radius 1 is 1.18 bits per heavy atom. The van der Waals surface area contributed by atoms with Crippen LogP contribution < -0.4 is 5.32 Å². The van der Waals surface area contributed by atoms with E-state index in [-0.39, 0.29) is 35.1 Å². The molecule has 0 radical (unpaired) electrons. The molecule has 1 aliphatic carbocycles. The Bertz CT molecular complexity index is 1290. The number of nitrogens with zero attached hydrogens (tertiary/aromatic N) is 2. The predicted molar refractivity (Wildman–Crippen MR) is 120 cm³/mol. The highest BCUT2D eigenvalue weighted by Gasteiger charge is 2.42. The Balaban J connectivity index is 1.49. The summed E-state index contributed by atoms with van der Waals surface area (Å²) in [5, 5.41) is 22.2. The highest BCUT2D eigenvalue weighted by atomic mass is 32.2. The Morgan fingerprint density at radius 3 is 2.48 bits per heavy atom. The van der Waals surface area contributed by atoms with Crippen LogP contribution in [0, 0.1) is 40.3 Å². The normalized spacial score (nSPS) is 22.5. The summed E-state index contributed by atoms with van der Waals surface area (Å²) in [6.07, 6.45) is 4.41. The summed E-state index contributed by atoms with van der Waals surface area (Å²) in [4.78, 5) is 12.6. The van der Waals surface area contributed by atoms with Gasteiger partial charge in [-0.05, 0) is 66.5 Å². The minimum Gasteiger partial charge on any atom is -0.304 e. The van der Waals surface area contributed by atoms with Crippen LogP contribution in [0.15, 0.2) is 41.3 Å². The van der Waals surface area contributed by atoms with Crippen molar-refractivity contribution in [1.82, 2.24) is 5.32 Å². The zero-order chi connectivity index (χ0) is 23.8. The van der Waals surface area contributed by atoms with Gasteiger partial charge in [-0.15, -0.1) is 0 Å². The Labute approximate surface area is 193 Å². The van der Waals surface area contributed by atoms with Gasteiger partial charge < -0.3 is 5.32 Å². The number of piperidine rings is 1. The first-order chi connectivity index (χ1) is 15.7. The molecule has 1 aliphatic heterocycles. The lowest BCUT2D eigenvalue weighted by atomic mass is 9.88. The number of Topliss-reactive ketones (excluding diaryl/α,β-unsaturated/α-hetero) is 1. The van der Waals surface area contributed by atoms with E-state index >= 15 is 0 Å². The van der Waals surface area contributed by atoms with Crippen LogP contribution in [0.25, 0.3) is 11.1 Å². The first kappa shape index (κ1) is 23.1. The second-order valence-corrected chi connectivity index (χ2v) is 11.0. The third-order valence-corrected chi connectivity index (χ3v) is 7.84. The van der Waals surface area contributed by atoms with Crippen molar-refractivity contribution in [3.8, 4) is 23.3 Å². The minimum absolute atomic E-state index is 0.00299. The highest BCUT2D eigenvalue weighted by molar-refractivity contribution is 7.90. The number of carbonyl (C=O) groups excluding carboxylic acids is 1. The number of fused-ring (bicyclic) bond motifs is 2. The first-order valence-corrected chi connectivity index (χ1v) is 12.8. The lowest BCUT2D eigenvalue weighted by Gasteiger charge is -2.22. The van der Waals surface area contributed by atoms with Crippen LogP contribution in [-0.2, 0) is 21.1 Å². The number of carbonyl (C=O) groups is 1. The summed E-state index contributed by atoms with van der Waals surface area (Å²) in [5.41, 5.74) is 1.34. The van der Waals surface area contributed by atoms with Gasteiger partial charge in [0.1, 0.15) is 11.9 Å². The molecule has 0 unspecified atom stereocenters. The molecule has 4 rings (SSSR count). The van der Waals surface area contributed by atoms with Gasteiger partial charge in [0.2, 0.25) is 0 Å². The topological polar surface area (TPSA) is 111 Å². The van der Waals surface area contributed by atoms with Gasteiger partial charge in [-0.3, -0.25) is 4.79 Å². The molecule has 2 fully saturated rings. The third-order valence-electron chi connectivity index (χ3n) is 6.69. The molecule has 1 saturated carbocycles. The number of halogens is 1. The molecule has 6 nitrogen and oxygen atoms in total. The van der Waals surface area contributed by atoms with E-state index in [0.717, 1.165) is 25.5 Å². The smallest absolute Gasteiger partial charge is 0.176 e. The quantitative estimate of drug-likeness (QED) is 0.669. The van der Waals surface area contributed by atoms with Crippen LogP contribution in [0.2, 0.25) is 0 Å². The number of nitrogens with one attached hydrogen (secondary N) is 1. The summed E-state index contributed by atoms with van der Waals surface area (Å²) >= 11 is 0. The maximum atomic E-state index is 14.9. The van der Waals surface area contributed by atoms with E-state index in [1.165, 1.54) is 24.3 Å². The molecule has 2 aromatic carbocycles. The molecule has 1 heterocycles. The van der Waals surface area contributed by atoms with Crippen molar-refractivity contribution in [3.63, 3.8) is 0 Å². The van der Waals surface area contributed by atoms with Crippen molar-refractivity contribution in [2.75, 3.05) is 6.26 Å². The number of ketones is 1. The lowest BCUT2D eigenvalue weighted by Crippen LogP contribution is -2.42. The van der Waals surface area contributed by atoms with E-state index < -0.39 is 21.6 Å². The number of sulfone groups is 1. The molecular formula is C25H24FN3O3S. The molecule has 0 aromatic heterocycles. The standard InChI is InChI=1S/C25H24FN3O3S/c1-33(31,32)24-7-5-16(10-20(24)14-28)17-2-3-18(22(26)12-17)8-15(13-27)9-23(30)25-19-4-6-21(11-19)29-25/h2-3,5,7,10,12,15,19,21,25,29H,4,6,8-9,11H2,1H3/t15-,19+,21-,25+/m1/s1. The van der Waals surface area contributed by atoms with Crippen molar-refractivity contribution in [3.05, 3.63) is 53.3 Å². The summed E-state index contributed by atoms with van der Waals surface area (Å²) in [6.45, 7) is 0. The molecular weight excluding hydrogens is 441 g/mol. The van der Waals surface area contributed by atoms with Crippen LogP contribution in [0.3, 0.4) is 0 Å². The van der Waals surface area contributed by atoms with E-state index in [2.05, 4.69) is 11.4 Å². The van der Waals surface area contributed by atoms with Crippen molar-refractivity contribution in [2.45, 2.75) is 49.1 Å². The average Bonchev–Trinajstić information content (AvgIpc) is 3.42. The molecule has 0 spiro atoms. The van der Waals surface area contributed by atoms with Gasteiger partial charge in [0, 0.05) is 18.7 Å².